The number of benzene rings is 1. The fraction of sp³-hybridized carbons (Fsp3) is 0.200. The van der Waals surface area contributed by atoms with Crippen LogP contribution < -0.4 is 5.73 Å². The maximum Gasteiger partial charge on any atom is 0.247 e. The molecule has 90 valence electrons. The first kappa shape index (κ1) is 11.7. The monoisotopic (exact) mass is 253 g/mol. The molecule has 7 heteroatoms. The summed E-state index contributed by atoms with van der Waals surface area (Å²) in [4.78, 5) is 0.250. The fourth-order valence-electron chi connectivity index (χ4n) is 1.30. The van der Waals surface area contributed by atoms with Crippen molar-refractivity contribution in [3.05, 3.63) is 30.2 Å². The summed E-state index contributed by atoms with van der Waals surface area (Å²) in [6, 6.07) is 6.22. The Hall–Kier alpha value is -1.73. The van der Waals surface area contributed by atoms with Gasteiger partial charge in [-0.15, -0.1) is 10.2 Å². The third-order valence-corrected chi connectivity index (χ3v) is 3.30. The van der Waals surface area contributed by atoms with E-state index in [-0.39, 0.29) is 11.4 Å². The van der Waals surface area contributed by atoms with E-state index >= 15 is 0 Å². The lowest BCUT2D eigenvalue weighted by atomic mass is 10.2. The summed E-state index contributed by atoms with van der Waals surface area (Å²) in [6.45, 7) is 0.175. The van der Waals surface area contributed by atoms with Crippen molar-refractivity contribution in [2.24, 2.45) is 5.73 Å². The SMILES string of the molecule is CS(=O)(=O)c1ccc(-c2nnc(CN)o2)cc1. The van der Waals surface area contributed by atoms with Crippen molar-refractivity contribution >= 4 is 9.84 Å². The van der Waals surface area contributed by atoms with Gasteiger partial charge in [-0.25, -0.2) is 8.42 Å². The van der Waals surface area contributed by atoms with Crippen molar-refractivity contribution in [1.29, 1.82) is 0 Å². The Kier molecular flexibility index (Phi) is 2.95. The van der Waals surface area contributed by atoms with Crippen molar-refractivity contribution < 1.29 is 12.8 Å². The second-order valence-corrected chi connectivity index (χ2v) is 5.52. The summed E-state index contributed by atoms with van der Waals surface area (Å²) in [5.74, 6) is 0.665. The highest BCUT2D eigenvalue weighted by Crippen LogP contribution is 2.19. The predicted octanol–water partition coefficient (Wildman–Crippen LogP) is 0.599. The standard InChI is InChI=1S/C10H11N3O3S/c1-17(14,15)8-4-2-7(3-5-8)10-13-12-9(6-11)16-10/h2-5H,6,11H2,1H3. The van der Waals surface area contributed by atoms with Crippen molar-refractivity contribution in [2.45, 2.75) is 11.4 Å². The molecular formula is C10H11N3O3S. The Labute approximate surface area is 98.4 Å². The van der Waals surface area contributed by atoms with Crippen LogP contribution in [0.15, 0.2) is 33.6 Å². The molecule has 6 nitrogen and oxygen atoms in total. The third kappa shape index (κ3) is 2.51. The van der Waals surface area contributed by atoms with Crippen molar-refractivity contribution in [3.63, 3.8) is 0 Å². The first-order valence-electron chi connectivity index (χ1n) is 4.83. The Morgan fingerprint density at radius 3 is 2.35 bits per heavy atom. The Morgan fingerprint density at radius 1 is 1.24 bits per heavy atom. The van der Waals surface area contributed by atoms with Gasteiger partial charge in [0.15, 0.2) is 9.84 Å². The molecule has 17 heavy (non-hydrogen) atoms. The molecule has 0 saturated heterocycles. The summed E-state index contributed by atoms with van der Waals surface area (Å²) in [7, 11) is -3.19. The Morgan fingerprint density at radius 2 is 1.88 bits per heavy atom. The topological polar surface area (TPSA) is 99.1 Å². The summed E-state index contributed by atoms with van der Waals surface area (Å²) < 4.78 is 27.8. The van der Waals surface area contributed by atoms with Gasteiger partial charge in [0, 0.05) is 11.8 Å². The van der Waals surface area contributed by atoms with Crippen LogP contribution in [0.1, 0.15) is 5.89 Å². The zero-order valence-corrected chi connectivity index (χ0v) is 9.94. The van der Waals surface area contributed by atoms with E-state index in [1.807, 2.05) is 0 Å². The van der Waals surface area contributed by atoms with Gasteiger partial charge < -0.3 is 10.2 Å². The first-order chi connectivity index (χ1) is 8.00. The number of sulfone groups is 1. The van der Waals surface area contributed by atoms with Crippen molar-refractivity contribution in [3.8, 4) is 11.5 Å². The molecule has 2 rings (SSSR count). The summed E-state index contributed by atoms with van der Waals surface area (Å²) >= 11 is 0. The van der Waals surface area contributed by atoms with Crippen LogP contribution in [-0.2, 0) is 16.4 Å². The molecule has 0 fully saturated rings. The molecule has 1 aromatic heterocycles. The van der Waals surface area contributed by atoms with Gasteiger partial charge in [-0.3, -0.25) is 0 Å². The molecule has 0 spiro atoms. The smallest absolute Gasteiger partial charge is 0.247 e. The lowest BCUT2D eigenvalue weighted by Gasteiger charge is -1.98. The predicted molar refractivity (Wildman–Crippen MR) is 60.7 cm³/mol. The number of nitrogens with two attached hydrogens (primary N) is 1. The van der Waals surface area contributed by atoms with Gasteiger partial charge in [0.2, 0.25) is 11.8 Å². The average Bonchev–Trinajstić information content (AvgIpc) is 2.76. The molecule has 0 amide bonds. The Bertz CT molecular complexity index is 617. The molecule has 0 atom stereocenters. The van der Waals surface area contributed by atoms with Gasteiger partial charge >= 0.3 is 0 Å². The molecule has 0 radical (unpaired) electrons. The summed E-state index contributed by atoms with van der Waals surface area (Å²) in [6.07, 6.45) is 1.15. The van der Waals surface area contributed by atoms with Gasteiger partial charge in [-0.05, 0) is 24.3 Å². The minimum absolute atomic E-state index is 0.175. The van der Waals surface area contributed by atoms with Gasteiger partial charge in [-0.1, -0.05) is 0 Å². The van der Waals surface area contributed by atoms with Crippen LogP contribution in [0.2, 0.25) is 0 Å². The molecule has 1 heterocycles. The van der Waals surface area contributed by atoms with Crippen LogP contribution in [0.25, 0.3) is 11.5 Å². The van der Waals surface area contributed by atoms with Crippen LogP contribution in [0.3, 0.4) is 0 Å². The van der Waals surface area contributed by atoms with Gasteiger partial charge in [-0.2, -0.15) is 0 Å². The molecule has 1 aromatic carbocycles. The minimum Gasteiger partial charge on any atom is -0.419 e. The van der Waals surface area contributed by atoms with Gasteiger partial charge in [0.05, 0.1) is 11.4 Å². The van der Waals surface area contributed by atoms with Crippen LogP contribution in [0.5, 0.6) is 0 Å². The third-order valence-electron chi connectivity index (χ3n) is 2.17. The lowest BCUT2D eigenvalue weighted by Crippen LogP contribution is -1.96. The van der Waals surface area contributed by atoms with Crippen molar-refractivity contribution in [2.75, 3.05) is 6.26 Å². The summed E-state index contributed by atoms with van der Waals surface area (Å²) in [5.41, 5.74) is 6.00. The molecule has 2 N–H and O–H groups in total. The van der Waals surface area contributed by atoms with E-state index in [2.05, 4.69) is 10.2 Å². The zero-order chi connectivity index (χ0) is 12.5. The quantitative estimate of drug-likeness (QED) is 0.859. The van der Waals surface area contributed by atoms with Crippen LogP contribution in [0.4, 0.5) is 0 Å². The van der Waals surface area contributed by atoms with E-state index in [9.17, 15) is 8.42 Å². The number of hydrogen-bond donors (Lipinski definition) is 1. The van der Waals surface area contributed by atoms with E-state index in [0.29, 0.717) is 17.3 Å². The molecule has 0 aliphatic rings. The number of aromatic nitrogens is 2. The van der Waals surface area contributed by atoms with E-state index in [4.69, 9.17) is 10.2 Å². The van der Waals surface area contributed by atoms with E-state index in [0.717, 1.165) is 6.26 Å². The van der Waals surface area contributed by atoms with E-state index in [1.54, 1.807) is 12.1 Å². The van der Waals surface area contributed by atoms with Crippen molar-refractivity contribution in [1.82, 2.24) is 10.2 Å². The number of hydrogen-bond acceptors (Lipinski definition) is 6. The molecule has 0 bridgehead atoms. The van der Waals surface area contributed by atoms with Gasteiger partial charge in [0.25, 0.3) is 0 Å². The average molecular weight is 253 g/mol. The molecule has 2 aromatic rings. The largest absolute Gasteiger partial charge is 0.419 e. The highest BCUT2D eigenvalue weighted by molar-refractivity contribution is 7.90. The van der Waals surface area contributed by atoms with Crippen LogP contribution in [-0.4, -0.2) is 24.9 Å². The number of nitrogens with zero attached hydrogens (tertiary/aromatic N) is 2. The maximum absolute atomic E-state index is 11.3. The van der Waals surface area contributed by atoms with Crippen LogP contribution >= 0.6 is 0 Å². The fourth-order valence-corrected chi connectivity index (χ4v) is 1.93. The van der Waals surface area contributed by atoms with E-state index < -0.39 is 9.84 Å². The molecule has 0 saturated carbocycles. The second kappa shape index (κ2) is 4.27. The first-order valence-corrected chi connectivity index (χ1v) is 6.73. The highest BCUT2D eigenvalue weighted by Gasteiger charge is 2.10. The zero-order valence-electron chi connectivity index (χ0n) is 9.12. The number of rotatable bonds is 3. The Balaban J connectivity index is 2.35. The highest BCUT2D eigenvalue weighted by atomic mass is 32.2. The maximum atomic E-state index is 11.3. The molecule has 0 aliphatic heterocycles. The minimum atomic E-state index is -3.19. The molecule has 0 aliphatic carbocycles. The summed E-state index contributed by atoms with van der Waals surface area (Å²) in [5, 5.41) is 7.53. The second-order valence-electron chi connectivity index (χ2n) is 3.50. The van der Waals surface area contributed by atoms with Crippen LogP contribution in [0, 0.1) is 0 Å². The molecular weight excluding hydrogens is 242 g/mol. The lowest BCUT2D eigenvalue weighted by molar-refractivity contribution is 0.508. The normalized spacial score (nSPS) is 11.6. The molecule has 0 unspecified atom stereocenters. The van der Waals surface area contributed by atoms with Gasteiger partial charge in [0.1, 0.15) is 0 Å². The van der Waals surface area contributed by atoms with E-state index in [1.165, 1.54) is 12.1 Å².